The number of hydrogen-bond acceptors (Lipinski definition) is 0. The first-order valence-corrected chi connectivity index (χ1v) is 10.9. The molecule has 0 fully saturated rings. The second kappa shape index (κ2) is 4.74. The van der Waals surface area contributed by atoms with Crippen LogP contribution in [0.2, 0.25) is 19.6 Å². The van der Waals surface area contributed by atoms with E-state index in [0.29, 0.717) is 0 Å². The highest BCUT2D eigenvalue weighted by atomic mass is 28.3. The Hall–Kier alpha value is -1.60. The smallest absolute Gasteiger partial charge is 0.0765 e. The molecule has 2 aromatic carbocycles. The normalized spacial score (nSPS) is 14.1. The molecule has 0 aromatic heterocycles. The van der Waals surface area contributed by atoms with Gasteiger partial charge in [0.15, 0.2) is 0 Å². The molecule has 0 N–H and O–H groups in total. The molecule has 1 aliphatic rings. The number of fused-ring (bicyclic) bond motifs is 1. The zero-order chi connectivity index (χ0) is 14.3. The molecule has 0 radical (unpaired) electrons. The van der Waals surface area contributed by atoms with Crippen molar-refractivity contribution in [2.45, 2.75) is 33.0 Å². The van der Waals surface area contributed by atoms with Crippen molar-refractivity contribution in [2.24, 2.45) is 0 Å². The van der Waals surface area contributed by atoms with Crippen LogP contribution in [0.3, 0.4) is 0 Å². The maximum Gasteiger partial charge on any atom is 0.0775 e. The average Bonchev–Trinajstić information content (AvgIpc) is 2.80. The Morgan fingerprint density at radius 3 is 2.25 bits per heavy atom. The lowest BCUT2D eigenvalue weighted by Gasteiger charge is -2.17. The topological polar surface area (TPSA) is 0 Å². The number of allylic oxidation sites excluding steroid dienone is 2. The van der Waals surface area contributed by atoms with Crippen molar-refractivity contribution >= 4 is 18.8 Å². The summed E-state index contributed by atoms with van der Waals surface area (Å²) in [5, 5.41) is 1.53. The Bertz CT molecular complexity index is 670. The SMILES string of the molecule is CC1=CCc2cccc(-c3ccc([Si](C)(C)C)cc3)c21. The average molecular weight is 278 g/mol. The van der Waals surface area contributed by atoms with Gasteiger partial charge in [-0.15, -0.1) is 0 Å². The molecule has 0 saturated heterocycles. The molecule has 102 valence electrons. The van der Waals surface area contributed by atoms with Gasteiger partial charge in [0.25, 0.3) is 0 Å². The summed E-state index contributed by atoms with van der Waals surface area (Å²) < 4.78 is 0. The summed E-state index contributed by atoms with van der Waals surface area (Å²) >= 11 is 0. The lowest BCUT2D eigenvalue weighted by atomic mass is 9.94. The molecule has 0 nitrogen and oxygen atoms in total. The monoisotopic (exact) mass is 278 g/mol. The molecule has 0 atom stereocenters. The van der Waals surface area contributed by atoms with E-state index in [9.17, 15) is 0 Å². The van der Waals surface area contributed by atoms with Crippen molar-refractivity contribution in [1.29, 1.82) is 0 Å². The predicted octanol–water partition coefficient (Wildman–Crippen LogP) is 4.86. The van der Waals surface area contributed by atoms with Crippen LogP contribution in [-0.4, -0.2) is 8.07 Å². The van der Waals surface area contributed by atoms with Crippen molar-refractivity contribution in [2.75, 3.05) is 0 Å². The van der Waals surface area contributed by atoms with Crippen LogP contribution >= 0.6 is 0 Å². The van der Waals surface area contributed by atoms with Crippen molar-refractivity contribution in [3.8, 4) is 11.1 Å². The molecular formula is C19H22Si. The van der Waals surface area contributed by atoms with Crippen LogP contribution in [0, 0.1) is 0 Å². The molecule has 1 aliphatic carbocycles. The molecular weight excluding hydrogens is 256 g/mol. The van der Waals surface area contributed by atoms with Crippen LogP contribution in [0.1, 0.15) is 18.1 Å². The molecule has 20 heavy (non-hydrogen) atoms. The van der Waals surface area contributed by atoms with Gasteiger partial charge in [-0.05, 0) is 41.2 Å². The van der Waals surface area contributed by atoms with E-state index in [2.05, 4.69) is 75.1 Å². The Kier molecular flexibility index (Phi) is 3.18. The standard InChI is InChI=1S/C19H22Si/c1-14-8-9-16-6-5-7-18(19(14)16)15-10-12-17(13-11-15)20(2,3)4/h5-8,10-13H,9H2,1-4H3. The van der Waals surface area contributed by atoms with Gasteiger partial charge in [-0.1, -0.05) is 73.4 Å². The third kappa shape index (κ3) is 2.27. The summed E-state index contributed by atoms with van der Waals surface area (Å²) in [6, 6.07) is 16.0. The van der Waals surface area contributed by atoms with Gasteiger partial charge in [-0.2, -0.15) is 0 Å². The quantitative estimate of drug-likeness (QED) is 0.688. The van der Waals surface area contributed by atoms with Crippen LogP contribution < -0.4 is 5.19 Å². The predicted molar refractivity (Wildman–Crippen MR) is 92.2 cm³/mol. The molecule has 0 saturated carbocycles. The molecule has 0 spiro atoms. The van der Waals surface area contributed by atoms with E-state index in [1.807, 2.05) is 0 Å². The lowest BCUT2D eigenvalue weighted by Crippen LogP contribution is -2.37. The zero-order valence-electron chi connectivity index (χ0n) is 12.8. The van der Waals surface area contributed by atoms with Crippen molar-refractivity contribution < 1.29 is 0 Å². The van der Waals surface area contributed by atoms with E-state index in [1.54, 1.807) is 0 Å². The van der Waals surface area contributed by atoms with Crippen molar-refractivity contribution in [1.82, 2.24) is 0 Å². The first kappa shape index (κ1) is 13.4. The van der Waals surface area contributed by atoms with Crippen LogP contribution in [-0.2, 0) is 6.42 Å². The van der Waals surface area contributed by atoms with Gasteiger partial charge in [0.2, 0.25) is 0 Å². The summed E-state index contributed by atoms with van der Waals surface area (Å²) in [5.41, 5.74) is 7.07. The summed E-state index contributed by atoms with van der Waals surface area (Å²) in [5.74, 6) is 0. The van der Waals surface area contributed by atoms with Gasteiger partial charge in [-0.25, -0.2) is 0 Å². The first-order valence-electron chi connectivity index (χ1n) is 7.37. The fraction of sp³-hybridized carbons (Fsp3) is 0.263. The maximum atomic E-state index is 2.40. The van der Waals surface area contributed by atoms with Gasteiger partial charge in [0.1, 0.15) is 0 Å². The largest absolute Gasteiger partial charge is 0.0775 e. The van der Waals surface area contributed by atoms with Crippen LogP contribution in [0.25, 0.3) is 16.7 Å². The minimum absolute atomic E-state index is 1.09. The third-order valence-corrected chi connectivity index (χ3v) is 6.30. The maximum absolute atomic E-state index is 2.40. The third-order valence-electron chi connectivity index (χ3n) is 4.24. The summed E-state index contributed by atoms with van der Waals surface area (Å²) in [6.45, 7) is 9.42. The molecule has 0 aliphatic heterocycles. The zero-order valence-corrected chi connectivity index (χ0v) is 13.8. The Labute approximate surface area is 123 Å². The van der Waals surface area contributed by atoms with E-state index < -0.39 is 8.07 Å². The summed E-state index contributed by atoms with van der Waals surface area (Å²) in [6.07, 6.45) is 3.42. The van der Waals surface area contributed by atoms with E-state index in [-0.39, 0.29) is 0 Å². The Balaban J connectivity index is 2.07. The second-order valence-electron chi connectivity index (χ2n) is 6.76. The van der Waals surface area contributed by atoms with E-state index >= 15 is 0 Å². The molecule has 0 bridgehead atoms. The fourth-order valence-electron chi connectivity index (χ4n) is 2.99. The highest BCUT2D eigenvalue weighted by Gasteiger charge is 2.18. The van der Waals surface area contributed by atoms with Crippen molar-refractivity contribution in [3.05, 3.63) is 59.7 Å². The fourth-order valence-corrected chi connectivity index (χ4v) is 4.16. The van der Waals surface area contributed by atoms with Gasteiger partial charge >= 0.3 is 0 Å². The molecule has 1 heteroatoms. The Morgan fingerprint density at radius 1 is 0.900 bits per heavy atom. The van der Waals surface area contributed by atoms with Crippen LogP contribution in [0.5, 0.6) is 0 Å². The molecule has 3 rings (SSSR count). The minimum atomic E-state index is -1.20. The number of rotatable bonds is 2. The number of benzene rings is 2. The number of hydrogen-bond donors (Lipinski definition) is 0. The lowest BCUT2D eigenvalue weighted by molar-refractivity contribution is 1.31. The minimum Gasteiger partial charge on any atom is -0.0765 e. The van der Waals surface area contributed by atoms with Crippen molar-refractivity contribution in [3.63, 3.8) is 0 Å². The van der Waals surface area contributed by atoms with E-state index in [1.165, 1.54) is 33.0 Å². The Morgan fingerprint density at radius 2 is 1.60 bits per heavy atom. The first-order chi connectivity index (χ1) is 9.47. The van der Waals surface area contributed by atoms with Crippen LogP contribution in [0.15, 0.2) is 48.5 Å². The summed E-state index contributed by atoms with van der Waals surface area (Å²) in [4.78, 5) is 0. The molecule has 2 aromatic rings. The van der Waals surface area contributed by atoms with E-state index in [4.69, 9.17) is 0 Å². The van der Waals surface area contributed by atoms with Gasteiger partial charge in [-0.3, -0.25) is 0 Å². The molecule has 0 heterocycles. The highest BCUT2D eigenvalue weighted by Crippen LogP contribution is 2.35. The van der Waals surface area contributed by atoms with E-state index in [0.717, 1.165) is 6.42 Å². The van der Waals surface area contributed by atoms with Crippen LogP contribution in [0.4, 0.5) is 0 Å². The van der Waals surface area contributed by atoms with Gasteiger partial charge < -0.3 is 0 Å². The molecule has 0 unspecified atom stereocenters. The molecule has 0 amide bonds. The second-order valence-corrected chi connectivity index (χ2v) is 11.8. The summed E-state index contributed by atoms with van der Waals surface area (Å²) in [7, 11) is -1.20. The highest BCUT2D eigenvalue weighted by molar-refractivity contribution is 6.88. The van der Waals surface area contributed by atoms with Gasteiger partial charge in [0.05, 0.1) is 8.07 Å². The van der Waals surface area contributed by atoms with Gasteiger partial charge in [0, 0.05) is 0 Å².